The highest BCUT2D eigenvalue weighted by molar-refractivity contribution is 5.28. The SMILES string of the molecule is CCCC(C)C(NC)c1ccc(C2CCCCC2)cc1. The van der Waals surface area contributed by atoms with E-state index in [-0.39, 0.29) is 0 Å². The predicted octanol–water partition coefficient (Wildman–Crippen LogP) is 5.43. The van der Waals surface area contributed by atoms with Crippen molar-refractivity contribution in [1.29, 1.82) is 0 Å². The first-order valence-electron chi connectivity index (χ1n) is 8.53. The maximum absolute atomic E-state index is 3.50. The van der Waals surface area contributed by atoms with Gasteiger partial charge in [0.15, 0.2) is 0 Å². The van der Waals surface area contributed by atoms with Gasteiger partial charge in [0.1, 0.15) is 0 Å². The zero-order valence-electron chi connectivity index (χ0n) is 13.5. The molecule has 0 aromatic heterocycles. The second-order valence-electron chi connectivity index (χ2n) is 6.53. The lowest BCUT2D eigenvalue weighted by Gasteiger charge is -2.25. The topological polar surface area (TPSA) is 12.0 Å². The monoisotopic (exact) mass is 273 g/mol. The maximum Gasteiger partial charge on any atom is 0.0343 e. The van der Waals surface area contributed by atoms with Crippen LogP contribution in [-0.4, -0.2) is 7.05 Å². The third kappa shape index (κ3) is 3.85. The van der Waals surface area contributed by atoms with Gasteiger partial charge >= 0.3 is 0 Å². The predicted molar refractivity (Wildman–Crippen MR) is 88.1 cm³/mol. The van der Waals surface area contributed by atoms with E-state index in [4.69, 9.17) is 0 Å². The Morgan fingerprint density at radius 2 is 1.75 bits per heavy atom. The number of hydrogen-bond donors (Lipinski definition) is 1. The molecule has 0 spiro atoms. The number of rotatable bonds is 6. The third-order valence-electron chi connectivity index (χ3n) is 5.00. The summed E-state index contributed by atoms with van der Waals surface area (Å²) in [6.45, 7) is 4.63. The molecule has 0 radical (unpaired) electrons. The Kier molecular flexibility index (Phi) is 6.09. The summed E-state index contributed by atoms with van der Waals surface area (Å²) in [5.74, 6) is 1.52. The van der Waals surface area contributed by atoms with E-state index >= 15 is 0 Å². The Hall–Kier alpha value is -0.820. The molecular weight excluding hydrogens is 242 g/mol. The fourth-order valence-electron chi connectivity index (χ4n) is 3.81. The van der Waals surface area contributed by atoms with Crippen LogP contribution in [0.5, 0.6) is 0 Å². The number of nitrogens with one attached hydrogen (secondary N) is 1. The molecule has 20 heavy (non-hydrogen) atoms. The van der Waals surface area contributed by atoms with Crippen molar-refractivity contribution in [2.24, 2.45) is 5.92 Å². The first-order valence-corrected chi connectivity index (χ1v) is 8.53. The summed E-state index contributed by atoms with van der Waals surface area (Å²) in [6.07, 6.45) is 9.60. The standard InChI is InChI=1S/C19H31N/c1-4-8-15(2)19(20-3)18-13-11-17(12-14-18)16-9-6-5-7-10-16/h11-16,19-20H,4-10H2,1-3H3. The molecule has 2 rings (SSSR count). The fraction of sp³-hybridized carbons (Fsp3) is 0.684. The summed E-state index contributed by atoms with van der Waals surface area (Å²) in [6, 6.07) is 9.98. The average molecular weight is 273 g/mol. The van der Waals surface area contributed by atoms with Gasteiger partial charge in [0.05, 0.1) is 0 Å². The Bertz CT molecular complexity index is 375. The van der Waals surface area contributed by atoms with Crippen molar-refractivity contribution in [1.82, 2.24) is 5.32 Å². The van der Waals surface area contributed by atoms with Crippen LogP contribution in [0.4, 0.5) is 0 Å². The zero-order valence-corrected chi connectivity index (χ0v) is 13.5. The first kappa shape index (κ1) is 15.6. The van der Waals surface area contributed by atoms with E-state index in [1.165, 1.54) is 50.5 Å². The summed E-state index contributed by atoms with van der Waals surface area (Å²) < 4.78 is 0. The summed E-state index contributed by atoms with van der Waals surface area (Å²) in [7, 11) is 2.09. The van der Waals surface area contributed by atoms with Gasteiger partial charge in [-0.15, -0.1) is 0 Å². The van der Waals surface area contributed by atoms with Gasteiger partial charge in [0.2, 0.25) is 0 Å². The van der Waals surface area contributed by atoms with Crippen molar-refractivity contribution < 1.29 is 0 Å². The lowest BCUT2D eigenvalue weighted by atomic mass is 9.83. The Morgan fingerprint density at radius 3 is 2.30 bits per heavy atom. The molecule has 2 atom stereocenters. The minimum absolute atomic E-state index is 0.496. The minimum Gasteiger partial charge on any atom is -0.313 e. The van der Waals surface area contributed by atoms with E-state index < -0.39 is 0 Å². The summed E-state index contributed by atoms with van der Waals surface area (Å²) in [5, 5.41) is 3.50. The highest BCUT2D eigenvalue weighted by Crippen LogP contribution is 2.33. The number of hydrogen-bond acceptors (Lipinski definition) is 1. The number of benzene rings is 1. The highest BCUT2D eigenvalue weighted by Gasteiger charge is 2.18. The largest absolute Gasteiger partial charge is 0.313 e. The summed E-state index contributed by atoms with van der Waals surface area (Å²) in [5.41, 5.74) is 3.01. The van der Waals surface area contributed by atoms with E-state index in [9.17, 15) is 0 Å². The zero-order chi connectivity index (χ0) is 14.4. The van der Waals surface area contributed by atoms with E-state index in [1.807, 2.05) is 0 Å². The first-order chi connectivity index (χ1) is 9.76. The molecule has 0 aliphatic heterocycles. The average Bonchev–Trinajstić information content (AvgIpc) is 2.50. The fourth-order valence-corrected chi connectivity index (χ4v) is 3.81. The molecule has 0 saturated heterocycles. The molecule has 112 valence electrons. The van der Waals surface area contributed by atoms with Crippen molar-refractivity contribution in [3.63, 3.8) is 0 Å². The van der Waals surface area contributed by atoms with Crippen molar-refractivity contribution in [3.8, 4) is 0 Å². The smallest absolute Gasteiger partial charge is 0.0343 e. The van der Waals surface area contributed by atoms with Gasteiger partial charge in [-0.2, -0.15) is 0 Å². The molecule has 0 bridgehead atoms. The molecule has 1 nitrogen and oxygen atoms in total. The van der Waals surface area contributed by atoms with Crippen LogP contribution < -0.4 is 5.32 Å². The molecule has 2 unspecified atom stereocenters. The van der Waals surface area contributed by atoms with Crippen LogP contribution in [0.2, 0.25) is 0 Å². The van der Waals surface area contributed by atoms with E-state index in [1.54, 1.807) is 5.56 Å². The lowest BCUT2D eigenvalue weighted by molar-refractivity contribution is 0.383. The summed E-state index contributed by atoms with van der Waals surface area (Å²) in [4.78, 5) is 0. The molecule has 1 saturated carbocycles. The van der Waals surface area contributed by atoms with Crippen molar-refractivity contribution >= 4 is 0 Å². The van der Waals surface area contributed by atoms with Crippen molar-refractivity contribution in [2.45, 2.75) is 70.8 Å². The van der Waals surface area contributed by atoms with Crippen LogP contribution in [-0.2, 0) is 0 Å². The van der Waals surface area contributed by atoms with Crippen LogP contribution in [0.25, 0.3) is 0 Å². The van der Waals surface area contributed by atoms with Gasteiger partial charge in [-0.25, -0.2) is 0 Å². The second kappa shape index (κ2) is 7.83. The molecule has 1 aliphatic rings. The van der Waals surface area contributed by atoms with Crippen molar-refractivity contribution in [3.05, 3.63) is 35.4 Å². The van der Waals surface area contributed by atoms with Crippen LogP contribution in [0.1, 0.15) is 81.9 Å². The van der Waals surface area contributed by atoms with Crippen LogP contribution in [0, 0.1) is 5.92 Å². The van der Waals surface area contributed by atoms with Gasteiger partial charge in [-0.3, -0.25) is 0 Å². The van der Waals surface area contributed by atoms with E-state index in [0.717, 1.165) is 5.92 Å². The van der Waals surface area contributed by atoms with Crippen molar-refractivity contribution in [2.75, 3.05) is 7.05 Å². The summed E-state index contributed by atoms with van der Waals surface area (Å²) >= 11 is 0. The van der Waals surface area contributed by atoms with Crippen LogP contribution >= 0.6 is 0 Å². The minimum atomic E-state index is 0.496. The molecule has 1 aliphatic carbocycles. The molecule has 1 aromatic carbocycles. The van der Waals surface area contributed by atoms with Gasteiger partial charge in [-0.05, 0) is 49.3 Å². The quantitative estimate of drug-likeness (QED) is 0.728. The normalized spacial score (nSPS) is 19.8. The van der Waals surface area contributed by atoms with Gasteiger partial charge < -0.3 is 5.32 Å². The van der Waals surface area contributed by atoms with Crippen LogP contribution in [0.15, 0.2) is 24.3 Å². The molecular formula is C19H31N. The van der Waals surface area contributed by atoms with Gasteiger partial charge in [-0.1, -0.05) is 63.8 Å². The molecule has 1 heteroatoms. The highest BCUT2D eigenvalue weighted by atomic mass is 14.9. The van der Waals surface area contributed by atoms with Gasteiger partial charge in [0.25, 0.3) is 0 Å². The molecule has 0 heterocycles. The lowest BCUT2D eigenvalue weighted by Crippen LogP contribution is -2.23. The van der Waals surface area contributed by atoms with Gasteiger partial charge in [0, 0.05) is 6.04 Å². The second-order valence-corrected chi connectivity index (χ2v) is 6.53. The Balaban J connectivity index is 2.05. The Labute approximate surface area is 125 Å². The van der Waals surface area contributed by atoms with Crippen LogP contribution in [0.3, 0.4) is 0 Å². The maximum atomic E-state index is 3.50. The molecule has 0 amide bonds. The molecule has 1 N–H and O–H groups in total. The van der Waals surface area contributed by atoms with E-state index in [2.05, 4.69) is 50.5 Å². The molecule has 1 fully saturated rings. The Morgan fingerprint density at radius 1 is 1.10 bits per heavy atom. The van der Waals surface area contributed by atoms with E-state index in [0.29, 0.717) is 12.0 Å². The molecule has 1 aromatic rings. The third-order valence-corrected chi connectivity index (χ3v) is 5.00.